The van der Waals surface area contributed by atoms with Crippen molar-refractivity contribution in [3.05, 3.63) is 53.1 Å². The van der Waals surface area contributed by atoms with Crippen molar-refractivity contribution in [2.75, 3.05) is 51.8 Å². The van der Waals surface area contributed by atoms with E-state index in [-0.39, 0.29) is 11.9 Å². The Morgan fingerprint density at radius 2 is 1.85 bits per heavy atom. The predicted molar refractivity (Wildman–Crippen MR) is 139 cm³/mol. The number of hydrogen-bond donors (Lipinski definition) is 2. The number of ether oxygens (including phenoxy) is 1. The topological polar surface area (TPSA) is 70.8 Å². The fourth-order valence-corrected chi connectivity index (χ4v) is 4.85. The number of anilines is 1. The molecule has 6 nitrogen and oxygen atoms in total. The number of nitrogens with two attached hydrogens (primary N) is 1. The fraction of sp³-hybridized carbons (Fsp3) is 0.536. The lowest BCUT2D eigenvalue weighted by Gasteiger charge is -2.26. The molecule has 1 saturated carbocycles. The summed E-state index contributed by atoms with van der Waals surface area (Å²) in [4.78, 5) is 18.0. The fourth-order valence-electron chi connectivity index (χ4n) is 4.85. The Morgan fingerprint density at radius 1 is 1.09 bits per heavy atom. The Bertz CT molecular complexity index is 982. The van der Waals surface area contributed by atoms with Crippen LogP contribution in [0.3, 0.4) is 0 Å². The summed E-state index contributed by atoms with van der Waals surface area (Å²) in [5, 5.41) is 3.27. The number of amides is 1. The van der Waals surface area contributed by atoms with Crippen LogP contribution in [0.25, 0.3) is 11.1 Å². The molecule has 34 heavy (non-hydrogen) atoms. The normalized spacial score (nSPS) is 16.6. The monoisotopic (exact) mass is 464 g/mol. The molecule has 2 aromatic rings. The average molecular weight is 465 g/mol. The first kappa shape index (κ1) is 24.7. The SMILES string of the molecule is Cc1c(C(=O)NC2CCOCC2)cc(-c2cccc(CN(C)CCN)c2)cc1N(C)CC1CC1. The maximum atomic E-state index is 13.4. The van der Waals surface area contributed by atoms with Gasteiger partial charge in [-0.05, 0) is 86.0 Å². The van der Waals surface area contributed by atoms with E-state index in [4.69, 9.17) is 10.5 Å². The number of carbonyl (C=O) groups excluding carboxylic acids is 1. The summed E-state index contributed by atoms with van der Waals surface area (Å²) >= 11 is 0. The number of nitrogens with one attached hydrogen (secondary N) is 1. The Labute approximate surface area is 204 Å². The van der Waals surface area contributed by atoms with Crippen molar-refractivity contribution in [1.29, 1.82) is 0 Å². The number of nitrogens with zero attached hydrogens (tertiary/aromatic N) is 2. The van der Waals surface area contributed by atoms with E-state index in [9.17, 15) is 4.79 Å². The van der Waals surface area contributed by atoms with Crippen LogP contribution in [-0.2, 0) is 11.3 Å². The Balaban J connectivity index is 1.66. The van der Waals surface area contributed by atoms with E-state index in [1.807, 2.05) is 0 Å². The van der Waals surface area contributed by atoms with Crippen LogP contribution in [0.4, 0.5) is 5.69 Å². The zero-order valence-corrected chi connectivity index (χ0v) is 21.0. The summed E-state index contributed by atoms with van der Waals surface area (Å²) in [6, 6.07) is 13.1. The zero-order valence-electron chi connectivity index (χ0n) is 21.0. The van der Waals surface area contributed by atoms with Gasteiger partial charge in [-0.1, -0.05) is 18.2 Å². The summed E-state index contributed by atoms with van der Waals surface area (Å²) < 4.78 is 5.47. The summed E-state index contributed by atoms with van der Waals surface area (Å²) in [5.74, 6) is 0.792. The van der Waals surface area contributed by atoms with Gasteiger partial charge in [0.25, 0.3) is 5.91 Å². The number of carbonyl (C=O) groups is 1. The van der Waals surface area contributed by atoms with Gasteiger partial charge in [-0.15, -0.1) is 0 Å². The van der Waals surface area contributed by atoms with Gasteiger partial charge < -0.3 is 25.6 Å². The minimum Gasteiger partial charge on any atom is -0.381 e. The van der Waals surface area contributed by atoms with Crippen LogP contribution in [0.5, 0.6) is 0 Å². The van der Waals surface area contributed by atoms with Gasteiger partial charge >= 0.3 is 0 Å². The van der Waals surface area contributed by atoms with Crippen LogP contribution in [-0.4, -0.2) is 63.8 Å². The Hall–Kier alpha value is -2.41. The molecule has 4 rings (SSSR count). The molecular formula is C28H40N4O2. The van der Waals surface area contributed by atoms with Crippen LogP contribution in [0, 0.1) is 12.8 Å². The third-order valence-electron chi connectivity index (χ3n) is 7.05. The van der Waals surface area contributed by atoms with Crippen LogP contribution >= 0.6 is 0 Å². The lowest BCUT2D eigenvalue weighted by Crippen LogP contribution is -2.39. The van der Waals surface area contributed by atoms with E-state index in [0.717, 1.165) is 66.3 Å². The van der Waals surface area contributed by atoms with E-state index in [0.29, 0.717) is 19.8 Å². The van der Waals surface area contributed by atoms with Crippen molar-refractivity contribution < 1.29 is 9.53 Å². The predicted octanol–water partition coefficient (Wildman–Crippen LogP) is 3.81. The van der Waals surface area contributed by atoms with Crippen molar-refractivity contribution in [3.8, 4) is 11.1 Å². The molecule has 0 bridgehead atoms. The second kappa shape index (κ2) is 11.3. The molecule has 0 aromatic heterocycles. The van der Waals surface area contributed by atoms with Gasteiger partial charge in [0.05, 0.1) is 0 Å². The van der Waals surface area contributed by atoms with Crippen molar-refractivity contribution in [3.63, 3.8) is 0 Å². The summed E-state index contributed by atoms with van der Waals surface area (Å²) in [5.41, 5.74) is 12.2. The molecule has 0 spiro atoms. The first-order valence-corrected chi connectivity index (χ1v) is 12.7. The molecule has 0 atom stereocenters. The maximum absolute atomic E-state index is 13.4. The smallest absolute Gasteiger partial charge is 0.251 e. The van der Waals surface area contributed by atoms with Gasteiger partial charge in [-0.25, -0.2) is 0 Å². The molecule has 1 saturated heterocycles. The molecule has 1 aliphatic carbocycles. The molecule has 2 fully saturated rings. The molecule has 0 radical (unpaired) electrons. The largest absolute Gasteiger partial charge is 0.381 e. The number of rotatable bonds is 10. The molecule has 2 aliphatic rings. The van der Waals surface area contributed by atoms with Crippen LogP contribution < -0.4 is 16.0 Å². The summed E-state index contributed by atoms with van der Waals surface area (Å²) in [6.45, 7) is 6.91. The molecule has 1 heterocycles. The van der Waals surface area contributed by atoms with E-state index < -0.39 is 0 Å². The van der Waals surface area contributed by atoms with E-state index >= 15 is 0 Å². The maximum Gasteiger partial charge on any atom is 0.251 e. The molecule has 2 aromatic carbocycles. The standard InChI is InChI=1S/C28H40N4O2/c1-20-26(28(33)30-25-9-13-34-14-10-25)16-24(17-27(20)32(3)19-21-7-8-21)23-6-4-5-22(15-23)18-31(2)12-11-29/h4-6,15-17,21,25H,7-14,18-19,29H2,1-3H3,(H,30,33). The van der Waals surface area contributed by atoms with E-state index in [1.165, 1.54) is 18.4 Å². The van der Waals surface area contributed by atoms with Gasteiger partial charge in [-0.3, -0.25) is 4.79 Å². The van der Waals surface area contributed by atoms with Crippen molar-refractivity contribution in [2.24, 2.45) is 11.7 Å². The molecule has 3 N–H and O–H groups in total. The summed E-state index contributed by atoms with van der Waals surface area (Å²) in [6.07, 6.45) is 4.35. The first-order valence-electron chi connectivity index (χ1n) is 12.7. The van der Waals surface area contributed by atoms with Gasteiger partial charge in [0.2, 0.25) is 0 Å². The Morgan fingerprint density at radius 3 is 2.56 bits per heavy atom. The van der Waals surface area contributed by atoms with Crippen LogP contribution in [0.1, 0.15) is 47.2 Å². The minimum atomic E-state index is 0.0196. The third kappa shape index (κ3) is 6.38. The van der Waals surface area contributed by atoms with Gasteiger partial charge in [0.15, 0.2) is 0 Å². The first-order chi connectivity index (χ1) is 16.4. The third-order valence-corrected chi connectivity index (χ3v) is 7.05. The van der Waals surface area contributed by atoms with Crippen LogP contribution in [0.15, 0.2) is 36.4 Å². The van der Waals surface area contributed by atoms with Gasteiger partial charge in [0.1, 0.15) is 0 Å². The lowest BCUT2D eigenvalue weighted by atomic mass is 9.95. The van der Waals surface area contributed by atoms with Gasteiger partial charge in [0, 0.05) is 63.7 Å². The van der Waals surface area contributed by atoms with Crippen molar-refractivity contribution in [1.82, 2.24) is 10.2 Å². The highest BCUT2D eigenvalue weighted by atomic mass is 16.5. The molecular weight excluding hydrogens is 424 g/mol. The molecule has 1 aliphatic heterocycles. The highest BCUT2D eigenvalue weighted by Gasteiger charge is 2.25. The highest BCUT2D eigenvalue weighted by molar-refractivity contribution is 5.99. The molecule has 6 heteroatoms. The quantitative estimate of drug-likeness (QED) is 0.560. The summed E-state index contributed by atoms with van der Waals surface area (Å²) in [7, 11) is 4.25. The van der Waals surface area contributed by atoms with E-state index in [1.54, 1.807) is 0 Å². The number of hydrogen-bond acceptors (Lipinski definition) is 5. The number of likely N-dealkylation sites (N-methyl/N-ethyl adjacent to an activating group) is 1. The second-order valence-corrected chi connectivity index (χ2v) is 10.1. The van der Waals surface area contributed by atoms with Gasteiger partial charge in [-0.2, -0.15) is 0 Å². The van der Waals surface area contributed by atoms with Crippen molar-refractivity contribution in [2.45, 2.75) is 45.2 Å². The van der Waals surface area contributed by atoms with Crippen molar-refractivity contribution >= 4 is 11.6 Å². The lowest BCUT2D eigenvalue weighted by molar-refractivity contribution is 0.0696. The average Bonchev–Trinajstić information content (AvgIpc) is 3.64. The molecule has 1 amide bonds. The molecule has 0 unspecified atom stereocenters. The number of benzene rings is 2. The minimum absolute atomic E-state index is 0.0196. The second-order valence-electron chi connectivity index (χ2n) is 10.1. The van der Waals surface area contributed by atoms with E-state index in [2.05, 4.69) is 72.5 Å². The zero-order chi connectivity index (χ0) is 24.1. The Kier molecular flexibility index (Phi) is 8.24. The van der Waals surface area contributed by atoms with Crippen LogP contribution in [0.2, 0.25) is 0 Å². The molecule has 184 valence electrons. The highest BCUT2D eigenvalue weighted by Crippen LogP contribution is 2.35.